The number of rotatable bonds is 3. The molecule has 3 nitrogen and oxygen atoms in total. The molecule has 0 bridgehead atoms. The van der Waals surface area contributed by atoms with E-state index in [1.54, 1.807) is 19.2 Å². The summed E-state index contributed by atoms with van der Waals surface area (Å²) in [5.74, 6) is 0.267. The molecule has 0 aliphatic heterocycles. The lowest BCUT2D eigenvalue weighted by atomic mass is 9.98. The second-order valence-electron chi connectivity index (χ2n) is 3.41. The third kappa shape index (κ3) is 2.12. The number of benzene rings is 1. The first kappa shape index (κ1) is 10.7. The third-order valence-corrected chi connectivity index (χ3v) is 2.13. The Labute approximate surface area is 83.8 Å². The van der Waals surface area contributed by atoms with Gasteiger partial charge in [0.25, 0.3) is 0 Å². The molecule has 0 radical (unpaired) electrons. The van der Waals surface area contributed by atoms with Crippen molar-refractivity contribution in [3.63, 3.8) is 0 Å². The van der Waals surface area contributed by atoms with Crippen LogP contribution in [0.2, 0.25) is 0 Å². The number of phenolic OH excluding ortho intramolecular Hbond substituents is 1. The monoisotopic (exact) mass is 193 g/mol. The van der Waals surface area contributed by atoms with E-state index in [1.165, 1.54) is 0 Å². The molecule has 76 valence electrons. The highest BCUT2D eigenvalue weighted by Crippen LogP contribution is 2.20. The number of hydrogen-bond acceptors (Lipinski definition) is 3. The van der Waals surface area contributed by atoms with Gasteiger partial charge in [0.05, 0.1) is 6.54 Å². The first-order valence-electron chi connectivity index (χ1n) is 4.54. The summed E-state index contributed by atoms with van der Waals surface area (Å²) in [6, 6.07) is 3.21. The zero-order chi connectivity index (χ0) is 10.7. The highest BCUT2D eigenvalue weighted by atomic mass is 16.3. The molecule has 0 saturated heterocycles. The Balaban J connectivity index is 3.14. The molecule has 0 amide bonds. The van der Waals surface area contributed by atoms with Gasteiger partial charge in [-0.2, -0.15) is 0 Å². The van der Waals surface area contributed by atoms with Gasteiger partial charge in [-0.25, -0.2) is 0 Å². The lowest BCUT2D eigenvalue weighted by molar-refractivity contribution is 0.0992. The van der Waals surface area contributed by atoms with Gasteiger partial charge in [0.15, 0.2) is 5.78 Å². The van der Waals surface area contributed by atoms with E-state index < -0.39 is 0 Å². The molecular formula is C11H15NO2. The number of hydrogen-bond donors (Lipinski definition) is 2. The van der Waals surface area contributed by atoms with E-state index in [4.69, 9.17) is 0 Å². The minimum absolute atomic E-state index is 0.0579. The van der Waals surface area contributed by atoms with Gasteiger partial charge in [-0.3, -0.25) is 4.79 Å². The first-order chi connectivity index (χ1) is 6.56. The lowest BCUT2D eigenvalue weighted by Gasteiger charge is -2.08. The topological polar surface area (TPSA) is 49.3 Å². The maximum atomic E-state index is 11.7. The predicted molar refractivity (Wildman–Crippen MR) is 55.8 cm³/mol. The summed E-state index contributed by atoms with van der Waals surface area (Å²) in [7, 11) is 1.74. The lowest BCUT2D eigenvalue weighted by Crippen LogP contribution is -2.20. The van der Waals surface area contributed by atoms with Crippen molar-refractivity contribution >= 4 is 5.78 Å². The van der Waals surface area contributed by atoms with E-state index in [2.05, 4.69) is 5.32 Å². The molecule has 0 spiro atoms. The number of phenols is 1. The van der Waals surface area contributed by atoms with Crippen molar-refractivity contribution in [3.05, 3.63) is 28.8 Å². The fourth-order valence-electron chi connectivity index (χ4n) is 1.63. The van der Waals surface area contributed by atoms with Crippen LogP contribution in [0.25, 0.3) is 0 Å². The molecule has 0 aromatic heterocycles. The van der Waals surface area contributed by atoms with E-state index in [0.29, 0.717) is 12.1 Å². The smallest absolute Gasteiger partial charge is 0.177 e. The number of aromatic hydroxyl groups is 1. The van der Waals surface area contributed by atoms with Crippen LogP contribution < -0.4 is 5.32 Å². The predicted octanol–water partition coefficient (Wildman–Crippen LogP) is 1.41. The standard InChI is InChI=1S/C11H15NO2/c1-7-4-9(13)5-8(2)11(7)10(14)6-12-3/h4-5,12-13H,6H2,1-3H3. The highest BCUT2D eigenvalue weighted by molar-refractivity contribution is 6.00. The fourth-order valence-corrected chi connectivity index (χ4v) is 1.63. The molecule has 0 aliphatic carbocycles. The van der Waals surface area contributed by atoms with Crippen molar-refractivity contribution in [1.29, 1.82) is 0 Å². The zero-order valence-corrected chi connectivity index (χ0v) is 8.72. The molecule has 0 unspecified atom stereocenters. The Kier molecular flexibility index (Phi) is 3.25. The highest BCUT2D eigenvalue weighted by Gasteiger charge is 2.11. The zero-order valence-electron chi connectivity index (χ0n) is 8.72. The van der Waals surface area contributed by atoms with Crippen molar-refractivity contribution in [2.45, 2.75) is 13.8 Å². The Morgan fingerprint density at radius 3 is 2.29 bits per heavy atom. The summed E-state index contributed by atoms with van der Waals surface area (Å²) in [5.41, 5.74) is 2.35. The van der Waals surface area contributed by atoms with Gasteiger partial charge < -0.3 is 10.4 Å². The quantitative estimate of drug-likeness (QED) is 0.713. The Hall–Kier alpha value is -1.35. The summed E-state index contributed by atoms with van der Waals surface area (Å²) in [4.78, 5) is 11.7. The van der Waals surface area contributed by atoms with Crippen molar-refractivity contribution < 1.29 is 9.90 Å². The molecule has 0 saturated carbocycles. The first-order valence-corrected chi connectivity index (χ1v) is 4.54. The number of Topliss-reactive ketones (excluding diaryl/α,β-unsaturated/α-hetero) is 1. The third-order valence-electron chi connectivity index (χ3n) is 2.13. The second-order valence-corrected chi connectivity index (χ2v) is 3.41. The van der Waals surface area contributed by atoms with Crippen LogP contribution in [0.15, 0.2) is 12.1 Å². The van der Waals surface area contributed by atoms with Gasteiger partial charge in [-0.15, -0.1) is 0 Å². The SMILES string of the molecule is CNCC(=O)c1c(C)cc(O)cc1C. The van der Waals surface area contributed by atoms with Gasteiger partial charge in [-0.05, 0) is 44.2 Å². The summed E-state index contributed by atoms with van der Waals surface area (Å²) >= 11 is 0. The average Bonchev–Trinajstić information content (AvgIpc) is 2.01. The van der Waals surface area contributed by atoms with Crippen LogP contribution in [0, 0.1) is 13.8 Å². The normalized spacial score (nSPS) is 10.2. The van der Waals surface area contributed by atoms with Crippen molar-refractivity contribution in [2.75, 3.05) is 13.6 Å². The van der Waals surface area contributed by atoms with Crippen LogP contribution in [0.3, 0.4) is 0 Å². The van der Waals surface area contributed by atoms with Crippen LogP contribution in [0.1, 0.15) is 21.5 Å². The van der Waals surface area contributed by atoms with E-state index in [9.17, 15) is 9.90 Å². The maximum absolute atomic E-state index is 11.7. The number of ketones is 1. The number of nitrogens with one attached hydrogen (secondary N) is 1. The summed E-state index contributed by atoms with van der Waals surface area (Å²) in [6.45, 7) is 3.98. The Morgan fingerprint density at radius 2 is 1.86 bits per heavy atom. The summed E-state index contributed by atoms with van der Waals surface area (Å²) in [5, 5.41) is 12.1. The van der Waals surface area contributed by atoms with Crippen LogP contribution in [-0.4, -0.2) is 24.5 Å². The molecule has 1 aromatic rings. The molecule has 1 aromatic carbocycles. The van der Waals surface area contributed by atoms with Crippen LogP contribution >= 0.6 is 0 Å². The minimum Gasteiger partial charge on any atom is -0.508 e. The average molecular weight is 193 g/mol. The van der Waals surface area contributed by atoms with E-state index >= 15 is 0 Å². The van der Waals surface area contributed by atoms with Gasteiger partial charge in [-0.1, -0.05) is 0 Å². The molecule has 2 N–H and O–H groups in total. The molecular weight excluding hydrogens is 178 g/mol. The molecule has 1 rings (SSSR count). The van der Waals surface area contributed by atoms with E-state index in [-0.39, 0.29) is 11.5 Å². The molecule has 0 aliphatic rings. The number of likely N-dealkylation sites (N-methyl/N-ethyl adjacent to an activating group) is 1. The van der Waals surface area contributed by atoms with Crippen molar-refractivity contribution in [1.82, 2.24) is 5.32 Å². The van der Waals surface area contributed by atoms with Gasteiger partial charge in [0.1, 0.15) is 5.75 Å². The number of carbonyl (C=O) groups excluding carboxylic acids is 1. The summed E-state index contributed by atoms with van der Waals surface area (Å²) in [6.07, 6.45) is 0. The number of aryl methyl sites for hydroxylation is 2. The molecule has 0 fully saturated rings. The molecule has 0 atom stereocenters. The van der Waals surface area contributed by atoms with Crippen LogP contribution in [0.4, 0.5) is 0 Å². The molecule has 14 heavy (non-hydrogen) atoms. The van der Waals surface area contributed by atoms with Gasteiger partial charge in [0.2, 0.25) is 0 Å². The fraction of sp³-hybridized carbons (Fsp3) is 0.364. The Morgan fingerprint density at radius 1 is 1.36 bits per heavy atom. The van der Waals surface area contributed by atoms with Crippen LogP contribution in [0.5, 0.6) is 5.75 Å². The van der Waals surface area contributed by atoms with Gasteiger partial charge in [0, 0.05) is 5.56 Å². The molecule has 0 heterocycles. The number of carbonyl (C=O) groups is 1. The van der Waals surface area contributed by atoms with Gasteiger partial charge >= 0.3 is 0 Å². The minimum atomic E-state index is 0.0579. The largest absolute Gasteiger partial charge is 0.508 e. The second kappa shape index (κ2) is 4.24. The van der Waals surface area contributed by atoms with Crippen molar-refractivity contribution in [3.8, 4) is 5.75 Å². The van der Waals surface area contributed by atoms with E-state index in [1.807, 2.05) is 13.8 Å². The molecule has 3 heteroatoms. The van der Waals surface area contributed by atoms with Crippen LogP contribution in [-0.2, 0) is 0 Å². The van der Waals surface area contributed by atoms with E-state index in [0.717, 1.165) is 11.1 Å². The maximum Gasteiger partial charge on any atom is 0.177 e. The Bertz CT molecular complexity index is 335. The summed E-state index contributed by atoms with van der Waals surface area (Å²) < 4.78 is 0. The van der Waals surface area contributed by atoms with Crippen molar-refractivity contribution in [2.24, 2.45) is 0 Å².